The summed E-state index contributed by atoms with van der Waals surface area (Å²) < 4.78 is 45.3. The van der Waals surface area contributed by atoms with Crippen LogP contribution in [0, 0.1) is 0 Å². The van der Waals surface area contributed by atoms with Gasteiger partial charge < -0.3 is 14.8 Å². The Morgan fingerprint density at radius 2 is 2.00 bits per heavy atom. The Morgan fingerprint density at radius 1 is 1.27 bits per heavy atom. The fourth-order valence-corrected chi connectivity index (χ4v) is 3.12. The van der Waals surface area contributed by atoms with E-state index < -0.39 is 24.1 Å². The van der Waals surface area contributed by atoms with Gasteiger partial charge in [0, 0.05) is 16.0 Å². The molecule has 2 N–H and O–H groups in total. The number of aliphatic carboxylic acids is 1. The van der Waals surface area contributed by atoms with Gasteiger partial charge in [-0.2, -0.15) is 13.2 Å². The van der Waals surface area contributed by atoms with Gasteiger partial charge >= 0.3 is 12.1 Å². The summed E-state index contributed by atoms with van der Waals surface area (Å²) >= 11 is 6.02. The van der Waals surface area contributed by atoms with Crippen LogP contribution in [0.2, 0.25) is 5.02 Å². The molecule has 0 fully saturated rings. The molecule has 8 heteroatoms. The number of methoxy groups -OCH3 is 1. The van der Waals surface area contributed by atoms with E-state index in [0.717, 1.165) is 6.07 Å². The molecule has 4 nitrogen and oxygen atoms in total. The number of aromatic nitrogens is 1. The first-order chi connectivity index (χ1) is 12.2. The lowest BCUT2D eigenvalue weighted by Gasteiger charge is -2.09. The quantitative estimate of drug-likeness (QED) is 0.655. The number of carbonyl (C=O) groups is 1. The van der Waals surface area contributed by atoms with Gasteiger partial charge in [-0.25, -0.2) is 0 Å². The molecule has 1 heterocycles. The maximum absolute atomic E-state index is 13.4. The van der Waals surface area contributed by atoms with Crippen molar-refractivity contribution in [3.05, 3.63) is 52.5 Å². The first kappa shape index (κ1) is 18.1. The first-order valence-corrected chi connectivity index (χ1v) is 7.86. The molecule has 0 saturated carbocycles. The second kappa shape index (κ2) is 6.57. The van der Waals surface area contributed by atoms with E-state index in [1.807, 2.05) is 0 Å². The number of aromatic amines is 1. The summed E-state index contributed by atoms with van der Waals surface area (Å²) in [5.41, 5.74) is -0.180. The average Bonchev–Trinajstić information content (AvgIpc) is 2.91. The maximum atomic E-state index is 13.4. The minimum absolute atomic E-state index is 0.173. The van der Waals surface area contributed by atoms with Crippen molar-refractivity contribution in [2.45, 2.75) is 12.6 Å². The van der Waals surface area contributed by atoms with Gasteiger partial charge in [-0.15, -0.1) is 0 Å². The van der Waals surface area contributed by atoms with Crippen LogP contribution in [0.3, 0.4) is 0 Å². The molecule has 3 rings (SSSR count). The van der Waals surface area contributed by atoms with Gasteiger partial charge in [-0.1, -0.05) is 23.7 Å². The second-order valence-electron chi connectivity index (χ2n) is 5.62. The molecular weight excluding hydrogens is 371 g/mol. The number of nitrogens with one attached hydrogen (secondary N) is 1. The van der Waals surface area contributed by atoms with Crippen LogP contribution < -0.4 is 4.74 Å². The molecule has 0 aliphatic heterocycles. The van der Waals surface area contributed by atoms with Crippen LogP contribution in [-0.2, 0) is 17.4 Å². The van der Waals surface area contributed by atoms with Gasteiger partial charge in [0.15, 0.2) is 0 Å². The van der Waals surface area contributed by atoms with Crippen molar-refractivity contribution in [2.75, 3.05) is 7.11 Å². The highest BCUT2D eigenvalue weighted by Gasteiger charge is 2.34. The highest BCUT2D eigenvalue weighted by molar-refractivity contribution is 6.31. The average molecular weight is 384 g/mol. The van der Waals surface area contributed by atoms with Crippen LogP contribution in [0.25, 0.3) is 22.2 Å². The van der Waals surface area contributed by atoms with E-state index in [-0.39, 0.29) is 22.2 Å². The van der Waals surface area contributed by atoms with Crippen LogP contribution in [0.5, 0.6) is 5.75 Å². The fraction of sp³-hybridized carbons (Fsp3) is 0.167. The van der Waals surface area contributed by atoms with E-state index in [1.165, 1.54) is 25.3 Å². The number of fused-ring (bicyclic) bond motifs is 1. The van der Waals surface area contributed by atoms with Gasteiger partial charge in [0.1, 0.15) is 5.75 Å². The number of halogens is 4. The SMILES string of the molecule is COc1ccc(Cl)cc1-c1[nH]c2c(C(F)(F)F)cccc2c1CC(=O)O. The number of hydrogen-bond donors (Lipinski definition) is 2. The van der Waals surface area contributed by atoms with Gasteiger partial charge in [-0.05, 0) is 29.8 Å². The van der Waals surface area contributed by atoms with E-state index in [9.17, 15) is 23.1 Å². The number of H-pyrrole nitrogens is 1. The normalized spacial score (nSPS) is 11.7. The maximum Gasteiger partial charge on any atom is 0.418 e. The number of rotatable bonds is 4. The van der Waals surface area contributed by atoms with E-state index >= 15 is 0 Å². The van der Waals surface area contributed by atoms with Crippen molar-refractivity contribution >= 4 is 28.5 Å². The topological polar surface area (TPSA) is 62.3 Å². The molecule has 0 atom stereocenters. The van der Waals surface area contributed by atoms with E-state index in [2.05, 4.69) is 4.98 Å². The number of alkyl halides is 3. The summed E-state index contributed by atoms with van der Waals surface area (Å²) in [5.74, 6) is -0.799. The molecule has 2 aromatic carbocycles. The molecule has 0 amide bonds. The van der Waals surface area contributed by atoms with E-state index in [0.29, 0.717) is 16.3 Å². The summed E-state index contributed by atoms with van der Waals surface area (Å²) in [6.07, 6.45) is -5.03. The zero-order valence-corrected chi connectivity index (χ0v) is 14.2. The first-order valence-electron chi connectivity index (χ1n) is 7.49. The molecule has 0 aliphatic carbocycles. The lowest BCUT2D eigenvalue weighted by Crippen LogP contribution is -2.05. The van der Waals surface area contributed by atoms with Crippen molar-refractivity contribution in [1.29, 1.82) is 0 Å². The van der Waals surface area contributed by atoms with Crippen molar-refractivity contribution in [1.82, 2.24) is 4.98 Å². The third kappa shape index (κ3) is 3.22. The lowest BCUT2D eigenvalue weighted by molar-refractivity contribution is -0.137. The molecule has 0 spiro atoms. The zero-order valence-electron chi connectivity index (χ0n) is 13.4. The van der Waals surface area contributed by atoms with E-state index in [1.54, 1.807) is 12.1 Å². The van der Waals surface area contributed by atoms with Crippen LogP contribution >= 0.6 is 11.6 Å². The highest BCUT2D eigenvalue weighted by atomic mass is 35.5. The minimum Gasteiger partial charge on any atom is -0.496 e. The fourth-order valence-electron chi connectivity index (χ4n) is 2.95. The zero-order chi connectivity index (χ0) is 19.1. The van der Waals surface area contributed by atoms with Crippen LogP contribution in [0.4, 0.5) is 13.2 Å². The van der Waals surface area contributed by atoms with Crippen molar-refractivity contribution < 1.29 is 27.8 Å². The van der Waals surface area contributed by atoms with Gasteiger partial charge in [0.25, 0.3) is 0 Å². The summed E-state index contributed by atoms with van der Waals surface area (Å²) in [6, 6.07) is 8.32. The third-order valence-corrected chi connectivity index (χ3v) is 4.24. The summed E-state index contributed by atoms with van der Waals surface area (Å²) in [4.78, 5) is 14.0. The Morgan fingerprint density at radius 3 is 2.62 bits per heavy atom. The number of hydrogen-bond acceptors (Lipinski definition) is 2. The number of carboxylic acid groups (broad SMARTS) is 1. The number of ether oxygens (including phenoxy) is 1. The molecule has 3 aromatic rings. The van der Waals surface area contributed by atoms with Crippen molar-refractivity contribution in [2.24, 2.45) is 0 Å². The Bertz CT molecular complexity index is 995. The van der Waals surface area contributed by atoms with Crippen molar-refractivity contribution in [3.8, 4) is 17.0 Å². The van der Waals surface area contributed by atoms with Gasteiger partial charge in [-0.3, -0.25) is 4.79 Å². The third-order valence-electron chi connectivity index (χ3n) is 4.01. The Labute approximate surface area is 151 Å². The molecule has 136 valence electrons. The van der Waals surface area contributed by atoms with Crippen LogP contribution in [0.15, 0.2) is 36.4 Å². The molecule has 0 aliphatic rings. The van der Waals surface area contributed by atoms with Gasteiger partial charge in [0.2, 0.25) is 0 Å². The largest absolute Gasteiger partial charge is 0.496 e. The molecule has 0 radical (unpaired) electrons. The van der Waals surface area contributed by atoms with Crippen LogP contribution in [-0.4, -0.2) is 23.2 Å². The Balaban J connectivity index is 2.38. The molecule has 0 bridgehead atoms. The lowest BCUT2D eigenvalue weighted by atomic mass is 10.0. The molecular formula is C18H13ClF3NO3. The summed E-state index contributed by atoms with van der Waals surface area (Å²) in [5, 5.41) is 9.77. The smallest absolute Gasteiger partial charge is 0.418 e. The predicted molar refractivity (Wildman–Crippen MR) is 91.6 cm³/mol. The Kier molecular flexibility index (Phi) is 4.58. The number of para-hydroxylation sites is 1. The molecule has 0 saturated heterocycles. The summed E-state index contributed by atoms with van der Waals surface area (Å²) in [7, 11) is 1.41. The standard InChI is InChI=1S/C18H13ClF3NO3/c1-26-14-6-5-9(19)7-12(14)16-11(8-15(24)25)10-3-2-4-13(17(10)23-16)18(20,21)22/h2-7,23H,8H2,1H3,(H,24,25). The van der Waals surface area contributed by atoms with E-state index in [4.69, 9.17) is 16.3 Å². The van der Waals surface area contributed by atoms with Crippen molar-refractivity contribution in [3.63, 3.8) is 0 Å². The molecule has 0 unspecified atom stereocenters. The summed E-state index contributed by atoms with van der Waals surface area (Å²) in [6.45, 7) is 0. The molecule has 1 aromatic heterocycles. The number of carboxylic acids is 1. The van der Waals surface area contributed by atoms with Gasteiger partial charge in [0.05, 0.1) is 30.3 Å². The second-order valence-corrected chi connectivity index (χ2v) is 6.06. The van der Waals surface area contributed by atoms with Crippen LogP contribution in [0.1, 0.15) is 11.1 Å². The Hall–Kier alpha value is -2.67. The predicted octanol–water partition coefficient (Wildman–Crippen LogP) is 5.14. The highest BCUT2D eigenvalue weighted by Crippen LogP contribution is 2.41. The number of benzene rings is 2. The minimum atomic E-state index is -4.58. The molecule has 26 heavy (non-hydrogen) atoms. The monoisotopic (exact) mass is 383 g/mol.